The van der Waals surface area contributed by atoms with Crippen LogP contribution in [0.3, 0.4) is 0 Å². The second kappa shape index (κ2) is 6.45. The second-order valence-electron chi connectivity index (χ2n) is 5.02. The van der Waals surface area contributed by atoms with Crippen LogP contribution in [0.5, 0.6) is 5.75 Å². The average Bonchev–Trinajstić information content (AvgIpc) is 2.96. The molecule has 1 N–H and O–H groups in total. The fourth-order valence-corrected chi connectivity index (χ4v) is 3.31. The lowest BCUT2D eigenvalue weighted by molar-refractivity contribution is 0.342. The second-order valence-corrected chi connectivity index (χ2v) is 7.03. The minimum absolute atomic E-state index is 0.176. The summed E-state index contributed by atoms with van der Waals surface area (Å²) in [7, 11) is -4.24. The zero-order chi connectivity index (χ0) is 18.2. The van der Waals surface area contributed by atoms with E-state index >= 15 is 0 Å². The highest BCUT2D eigenvalue weighted by molar-refractivity contribution is 7.92. The van der Waals surface area contributed by atoms with Crippen LogP contribution in [0.2, 0.25) is 5.02 Å². The van der Waals surface area contributed by atoms with E-state index in [9.17, 15) is 12.8 Å². The molecule has 0 aliphatic heterocycles. The molecule has 25 heavy (non-hydrogen) atoms. The Morgan fingerprint density at radius 3 is 2.88 bits per heavy atom. The normalized spacial score (nSPS) is 11.7. The summed E-state index contributed by atoms with van der Waals surface area (Å²) >= 11 is 5.96. The number of nitrogens with zero attached hydrogens (tertiary/aromatic N) is 4. The van der Waals surface area contributed by atoms with E-state index in [1.807, 2.05) is 0 Å². The lowest BCUT2D eigenvalue weighted by Gasteiger charge is -2.07. The summed E-state index contributed by atoms with van der Waals surface area (Å²) in [6.45, 7) is 3.65. The van der Waals surface area contributed by atoms with Gasteiger partial charge in [-0.2, -0.15) is 17.8 Å². The Balaban J connectivity index is 2.07. The van der Waals surface area contributed by atoms with Gasteiger partial charge in [-0.05, 0) is 25.5 Å². The first-order chi connectivity index (χ1) is 11.8. The van der Waals surface area contributed by atoms with Gasteiger partial charge in [-0.3, -0.25) is 4.72 Å². The van der Waals surface area contributed by atoms with E-state index in [0.29, 0.717) is 17.2 Å². The van der Waals surface area contributed by atoms with Crippen molar-refractivity contribution in [2.75, 3.05) is 11.3 Å². The van der Waals surface area contributed by atoms with Crippen LogP contribution in [-0.4, -0.2) is 34.6 Å². The number of pyridine rings is 2. The Morgan fingerprint density at radius 1 is 1.44 bits per heavy atom. The summed E-state index contributed by atoms with van der Waals surface area (Å²) in [6, 6.07) is 2.98. The third-order valence-corrected chi connectivity index (χ3v) is 4.57. The molecule has 0 saturated carbocycles. The van der Waals surface area contributed by atoms with E-state index in [4.69, 9.17) is 16.3 Å². The number of anilines is 1. The van der Waals surface area contributed by atoms with Crippen LogP contribution in [-0.2, 0) is 10.0 Å². The molecular weight excluding hydrogens is 373 g/mol. The number of aromatic nitrogens is 4. The molecule has 0 unspecified atom stereocenters. The van der Waals surface area contributed by atoms with Crippen molar-refractivity contribution in [2.24, 2.45) is 0 Å². The number of sulfonamides is 1. The molecule has 0 aliphatic carbocycles. The summed E-state index contributed by atoms with van der Waals surface area (Å²) in [5.74, 6) is -0.655. The summed E-state index contributed by atoms with van der Waals surface area (Å²) in [5.41, 5.74) is 0.289. The number of rotatable bonds is 5. The van der Waals surface area contributed by atoms with E-state index in [2.05, 4.69) is 19.8 Å². The van der Waals surface area contributed by atoms with Crippen LogP contribution in [0, 0.1) is 12.9 Å². The molecule has 8 nitrogen and oxygen atoms in total. The number of hydrogen-bond acceptors (Lipinski definition) is 6. The van der Waals surface area contributed by atoms with Crippen molar-refractivity contribution in [1.29, 1.82) is 0 Å². The highest BCUT2D eigenvalue weighted by Gasteiger charge is 2.24. The minimum atomic E-state index is -4.24. The van der Waals surface area contributed by atoms with Gasteiger partial charge in [0.25, 0.3) is 15.2 Å². The van der Waals surface area contributed by atoms with Gasteiger partial charge >= 0.3 is 0 Å². The van der Waals surface area contributed by atoms with Gasteiger partial charge in [-0.25, -0.2) is 9.50 Å². The topological polar surface area (TPSA) is 98.5 Å². The van der Waals surface area contributed by atoms with Gasteiger partial charge in [0.05, 0.1) is 11.6 Å². The Morgan fingerprint density at radius 2 is 2.20 bits per heavy atom. The Bertz CT molecular complexity index is 1030. The molecule has 0 atom stereocenters. The highest BCUT2D eigenvalue weighted by Crippen LogP contribution is 2.25. The Hall–Kier alpha value is -2.46. The zero-order valence-electron chi connectivity index (χ0n) is 13.2. The molecule has 3 aromatic heterocycles. The SMILES string of the molecule is CCOc1cc(Cl)cn2nc(S(=O)(=O)Nc3c(C)ccnc3F)nc12. The van der Waals surface area contributed by atoms with Crippen LogP contribution in [0.4, 0.5) is 10.1 Å². The Labute approximate surface area is 147 Å². The lowest BCUT2D eigenvalue weighted by atomic mass is 10.2. The smallest absolute Gasteiger partial charge is 0.299 e. The van der Waals surface area contributed by atoms with Gasteiger partial charge in [0, 0.05) is 18.5 Å². The van der Waals surface area contributed by atoms with E-state index in [1.54, 1.807) is 13.8 Å². The van der Waals surface area contributed by atoms with Crippen molar-refractivity contribution in [2.45, 2.75) is 19.0 Å². The van der Waals surface area contributed by atoms with Crippen LogP contribution in [0.15, 0.2) is 29.7 Å². The van der Waals surface area contributed by atoms with Gasteiger partial charge in [0.2, 0.25) is 5.95 Å². The van der Waals surface area contributed by atoms with Gasteiger partial charge in [-0.15, -0.1) is 5.10 Å². The van der Waals surface area contributed by atoms with Gasteiger partial charge < -0.3 is 4.74 Å². The van der Waals surface area contributed by atoms with Crippen molar-refractivity contribution < 1.29 is 17.5 Å². The highest BCUT2D eigenvalue weighted by atomic mass is 35.5. The van der Waals surface area contributed by atoms with Crippen molar-refractivity contribution in [3.05, 3.63) is 41.1 Å². The molecule has 0 spiro atoms. The molecule has 0 aromatic carbocycles. The predicted octanol–water partition coefficient (Wildman–Crippen LogP) is 2.42. The first kappa shape index (κ1) is 17.4. The van der Waals surface area contributed by atoms with E-state index in [-0.39, 0.29) is 17.1 Å². The molecule has 0 fully saturated rings. The van der Waals surface area contributed by atoms with E-state index in [0.717, 1.165) is 0 Å². The third kappa shape index (κ3) is 3.35. The number of aryl methyl sites for hydroxylation is 1. The number of fused-ring (bicyclic) bond motifs is 1. The molecule has 0 aliphatic rings. The maximum Gasteiger partial charge on any atom is 0.299 e. The first-order valence-electron chi connectivity index (χ1n) is 7.14. The molecule has 0 radical (unpaired) electrons. The number of halogens is 2. The maximum atomic E-state index is 13.8. The fourth-order valence-electron chi connectivity index (χ4n) is 2.11. The van der Waals surface area contributed by atoms with E-state index in [1.165, 1.54) is 29.0 Å². The van der Waals surface area contributed by atoms with Crippen molar-refractivity contribution in [3.8, 4) is 5.75 Å². The van der Waals surface area contributed by atoms with Crippen molar-refractivity contribution >= 4 is 33.0 Å². The molecule has 0 amide bonds. The third-order valence-electron chi connectivity index (χ3n) is 3.24. The molecule has 3 aromatic rings. The minimum Gasteiger partial charge on any atom is -0.490 e. The van der Waals surface area contributed by atoms with Gasteiger partial charge in [-0.1, -0.05) is 11.6 Å². The largest absolute Gasteiger partial charge is 0.490 e. The molecule has 0 bridgehead atoms. The van der Waals surface area contributed by atoms with Crippen molar-refractivity contribution in [3.63, 3.8) is 0 Å². The molecule has 3 heterocycles. The van der Waals surface area contributed by atoms with Crippen LogP contribution < -0.4 is 9.46 Å². The number of ether oxygens (including phenoxy) is 1. The van der Waals surface area contributed by atoms with Crippen molar-refractivity contribution in [1.82, 2.24) is 19.6 Å². The molecule has 11 heteroatoms. The molecule has 0 saturated heterocycles. The maximum absolute atomic E-state index is 13.8. The number of hydrogen-bond donors (Lipinski definition) is 1. The first-order valence-corrected chi connectivity index (χ1v) is 9.00. The summed E-state index contributed by atoms with van der Waals surface area (Å²) in [6.07, 6.45) is 2.63. The summed E-state index contributed by atoms with van der Waals surface area (Å²) in [5, 5.41) is 3.65. The Kier molecular flexibility index (Phi) is 4.48. The standard InChI is InChI=1S/C14H13ClFN5O3S/c1-3-24-10-6-9(15)7-21-13(10)18-14(19-21)25(22,23)20-11-8(2)4-5-17-12(11)16/h4-7,20H,3H2,1-2H3. The van der Waals surface area contributed by atoms with Gasteiger partial charge in [0.15, 0.2) is 11.4 Å². The number of nitrogens with one attached hydrogen (secondary N) is 1. The summed E-state index contributed by atoms with van der Waals surface area (Å²) in [4.78, 5) is 7.41. The average molecular weight is 386 g/mol. The van der Waals surface area contributed by atoms with Crippen LogP contribution >= 0.6 is 11.6 Å². The van der Waals surface area contributed by atoms with Crippen LogP contribution in [0.25, 0.3) is 5.65 Å². The fraction of sp³-hybridized carbons (Fsp3) is 0.214. The van der Waals surface area contributed by atoms with Crippen LogP contribution in [0.1, 0.15) is 12.5 Å². The summed E-state index contributed by atoms with van der Waals surface area (Å²) < 4.78 is 47.5. The molecule has 3 rings (SSSR count). The van der Waals surface area contributed by atoms with E-state index < -0.39 is 21.1 Å². The molecule has 132 valence electrons. The molecular formula is C14H13ClFN5O3S. The zero-order valence-corrected chi connectivity index (χ0v) is 14.8. The predicted molar refractivity (Wildman–Crippen MR) is 88.9 cm³/mol. The quantitative estimate of drug-likeness (QED) is 0.677. The monoisotopic (exact) mass is 385 g/mol. The lowest BCUT2D eigenvalue weighted by Crippen LogP contribution is -2.17. The van der Waals surface area contributed by atoms with Gasteiger partial charge in [0.1, 0.15) is 5.69 Å².